The van der Waals surface area contributed by atoms with Gasteiger partial charge in [-0.3, -0.25) is 0 Å². The van der Waals surface area contributed by atoms with Crippen molar-refractivity contribution in [1.82, 2.24) is 0 Å². The molecule has 0 unspecified atom stereocenters. The summed E-state index contributed by atoms with van der Waals surface area (Å²) in [7, 11) is 0. The summed E-state index contributed by atoms with van der Waals surface area (Å²) in [4.78, 5) is 2.41. The summed E-state index contributed by atoms with van der Waals surface area (Å²) in [5.74, 6) is 0. The molecule has 12 aromatic carbocycles. The molecule has 0 aliphatic rings. The van der Waals surface area contributed by atoms with Gasteiger partial charge in [0.2, 0.25) is 0 Å². The van der Waals surface area contributed by atoms with Gasteiger partial charge in [0.25, 0.3) is 0 Å². The van der Waals surface area contributed by atoms with Crippen molar-refractivity contribution in [1.29, 1.82) is 0 Å². The van der Waals surface area contributed by atoms with Gasteiger partial charge in [0.15, 0.2) is 0 Å². The number of fused-ring (bicyclic) bond motifs is 9. The van der Waals surface area contributed by atoms with Crippen LogP contribution in [0.25, 0.3) is 110 Å². The van der Waals surface area contributed by atoms with Gasteiger partial charge in [-0.05, 0) is 137 Å². The van der Waals surface area contributed by atoms with Crippen LogP contribution in [-0.4, -0.2) is 0 Å². The van der Waals surface area contributed by atoms with Gasteiger partial charge in [-0.1, -0.05) is 194 Å². The Balaban J connectivity index is 0.927. The maximum absolute atomic E-state index is 6.30. The van der Waals surface area contributed by atoms with Crippen molar-refractivity contribution in [2.24, 2.45) is 0 Å². The standard InChI is InChI=1S/C64H41NO/c1-3-15-54-44(11-1)27-29-47-31-33-50(40-59(47)54)43-25-23-42(24-26-43)49-13-9-14-53(39-49)65(52-37-35-46(36-38-52)57-19-10-22-63-64(57)58-18-6-8-21-62(58)66-63)61-20-7-5-17-56(61)51-34-32-48-30-28-45-12-2-4-16-55(45)60(48)41-51/h1-41H. The summed E-state index contributed by atoms with van der Waals surface area (Å²) in [5.41, 5.74) is 14.4. The number of rotatable bonds is 7. The number of para-hydroxylation sites is 2. The molecule has 0 spiro atoms. The quantitative estimate of drug-likeness (QED) is 0.149. The predicted molar refractivity (Wildman–Crippen MR) is 280 cm³/mol. The van der Waals surface area contributed by atoms with Crippen molar-refractivity contribution in [2.75, 3.05) is 4.90 Å². The van der Waals surface area contributed by atoms with Crippen LogP contribution in [0.15, 0.2) is 253 Å². The maximum Gasteiger partial charge on any atom is 0.136 e. The molecule has 0 aliphatic heterocycles. The van der Waals surface area contributed by atoms with E-state index >= 15 is 0 Å². The van der Waals surface area contributed by atoms with Gasteiger partial charge in [0.05, 0.1) is 5.69 Å². The highest BCUT2D eigenvalue weighted by Gasteiger charge is 2.20. The lowest BCUT2D eigenvalue weighted by atomic mass is 9.95. The number of nitrogens with zero attached hydrogens (tertiary/aromatic N) is 1. The molecule has 0 fully saturated rings. The summed E-state index contributed by atoms with van der Waals surface area (Å²) in [6.45, 7) is 0. The minimum absolute atomic E-state index is 0.896. The molecule has 0 bridgehead atoms. The van der Waals surface area contributed by atoms with Crippen LogP contribution in [0.2, 0.25) is 0 Å². The summed E-state index contributed by atoms with van der Waals surface area (Å²) >= 11 is 0. The third-order valence-corrected chi connectivity index (χ3v) is 13.4. The molecule has 0 saturated carbocycles. The van der Waals surface area contributed by atoms with Crippen LogP contribution in [0.5, 0.6) is 0 Å². The van der Waals surface area contributed by atoms with E-state index < -0.39 is 0 Å². The number of anilines is 3. The van der Waals surface area contributed by atoms with Gasteiger partial charge >= 0.3 is 0 Å². The van der Waals surface area contributed by atoms with E-state index in [2.05, 4.69) is 241 Å². The van der Waals surface area contributed by atoms with E-state index in [-0.39, 0.29) is 0 Å². The van der Waals surface area contributed by atoms with Crippen molar-refractivity contribution in [2.45, 2.75) is 0 Å². The lowest BCUT2D eigenvalue weighted by Crippen LogP contribution is -2.11. The van der Waals surface area contributed by atoms with Crippen LogP contribution in [0.4, 0.5) is 17.1 Å². The minimum atomic E-state index is 0.896. The molecule has 0 radical (unpaired) electrons. The first-order chi connectivity index (χ1) is 32.7. The Morgan fingerprint density at radius 3 is 1.45 bits per heavy atom. The fourth-order valence-electron chi connectivity index (χ4n) is 10.2. The smallest absolute Gasteiger partial charge is 0.136 e. The molecule has 2 nitrogen and oxygen atoms in total. The van der Waals surface area contributed by atoms with E-state index in [1.54, 1.807) is 0 Å². The molecular weight excluding hydrogens is 799 g/mol. The van der Waals surface area contributed by atoms with Gasteiger partial charge in [-0.25, -0.2) is 0 Å². The Hall–Kier alpha value is -8.72. The first-order valence-electron chi connectivity index (χ1n) is 22.6. The predicted octanol–water partition coefficient (Wildman–Crippen LogP) is 18.3. The third kappa shape index (κ3) is 6.42. The van der Waals surface area contributed by atoms with Crippen molar-refractivity contribution in [3.8, 4) is 44.5 Å². The Morgan fingerprint density at radius 2 is 0.742 bits per heavy atom. The van der Waals surface area contributed by atoms with Crippen LogP contribution in [0, 0.1) is 0 Å². The topological polar surface area (TPSA) is 16.4 Å². The summed E-state index contributed by atoms with van der Waals surface area (Å²) in [6.07, 6.45) is 0. The van der Waals surface area contributed by atoms with Crippen LogP contribution in [-0.2, 0) is 0 Å². The second-order valence-corrected chi connectivity index (χ2v) is 17.2. The molecular formula is C64H41NO. The Bertz CT molecular complexity index is 3990. The summed E-state index contributed by atoms with van der Waals surface area (Å²) in [5, 5.41) is 12.3. The van der Waals surface area contributed by atoms with Gasteiger partial charge < -0.3 is 9.32 Å². The second-order valence-electron chi connectivity index (χ2n) is 17.2. The number of hydrogen-bond donors (Lipinski definition) is 0. The number of furan rings is 1. The van der Waals surface area contributed by atoms with Crippen molar-refractivity contribution in [3.63, 3.8) is 0 Å². The zero-order valence-electron chi connectivity index (χ0n) is 36.0. The van der Waals surface area contributed by atoms with Crippen LogP contribution in [0.1, 0.15) is 0 Å². The number of benzene rings is 12. The molecule has 13 aromatic rings. The Morgan fingerprint density at radius 1 is 0.258 bits per heavy atom. The van der Waals surface area contributed by atoms with E-state index in [0.29, 0.717) is 0 Å². The fourth-order valence-corrected chi connectivity index (χ4v) is 10.2. The average molecular weight is 840 g/mol. The highest BCUT2D eigenvalue weighted by molar-refractivity contribution is 6.13. The van der Waals surface area contributed by atoms with Gasteiger partial charge in [-0.2, -0.15) is 0 Å². The maximum atomic E-state index is 6.30. The van der Waals surface area contributed by atoms with E-state index in [4.69, 9.17) is 4.42 Å². The summed E-state index contributed by atoms with van der Waals surface area (Å²) in [6, 6.07) is 90.4. The van der Waals surface area contributed by atoms with Gasteiger partial charge in [0, 0.05) is 27.7 Å². The average Bonchev–Trinajstić information content (AvgIpc) is 3.78. The largest absolute Gasteiger partial charge is 0.456 e. The SMILES string of the molecule is c1cc(-c2ccc(-c3ccc4ccc5ccccc5c4c3)cc2)cc(N(c2ccc(-c3cccc4oc5ccccc5c34)cc2)c2ccccc2-c2ccc3ccc4ccccc4c3c2)c1. The molecule has 1 heterocycles. The van der Waals surface area contributed by atoms with Crippen molar-refractivity contribution >= 4 is 82.1 Å². The Kier molecular flexibility index (Phi) is 8.89. The molecule has 0 amide bonds. The van der Waals surface area contributed by atoms with Crippen molar-refractivity contribution in [3.05, 3.63) is 249 Å². The first kappa shape index (κ1) is 37.8. The third-order valence-electron chi connectivity index (χ3n) is 13.4. The first-order valence-corrected chi connectivity index (χ1v) is 22.6. The molecule has 2 heteroatoms. The van der Waals surface area contributed by atoms with Gasteiger partial charge in [0.1, 0.15) is 11.2 Å². The van der Waals surface area contributed by atoms with E-state index in [1.807, 2.05) is 12.1 Å². The van der Waals surface area contributed by atoms with Crippen LogP contribution in [0.3, 0.4) is 0 Å². The Labute approximate surface area is 382 Å². The second kappa shape index (κ2) is 15.5. The minimum Gasteiger partial charge on any atom is -0.456 e. The molecule has 0 N–H and O–H groups in total. The lowest BCUT2D eigenvalue weighted by molar-refractivity contribution is 0.669. The molecule has 1 aromatic heterocycles. The highest BCUT2D eigenvalue weighted by atomic mass is 16.3. The molecule has 13 rings (SSSR count). The van der Waals surface area contributed by atoms with Crippen molar-refractivity contribution < 1.29 is 4.42 Å². The monoisotopic (exact) mass is 839 g/mol. The zero-order valence-corrected chi connectivity index (χ0v) is 36.0. The summed E-state index contributed by atoms with van der Waals surface area (Å²) < 4.78 is 6.30. The van der Waals surface area contributed by atoms with E-state index in [9.17, 15) is 0 Å². The van der Waals surface area contributed by atoms with E-state index in [0.717, 1.165) is 66.8 Å². The van der Waals surface area contributed by atoms with E-state index in [1.165, 1.54) is 59.8 Å². The molecule has 308 valence electrons. The van der Waals surface area contributed by atoms with Gasteiger partial charge in [-0.15, -0.1) is 0 Å². The fraction of sp³-hybridized carbons (Fsp3) is 0. The van der Waals surface area contributed by atoms with Crippen LogP contribution >= 0.6 is 0 Å². The molecule has 66 heavy (non-hydrogen) atoms. The zero-order chi connectivity index (χ0) is 43.6. The molecule has 0 atom stereocenters. The molecule has 0 saturated heterocycles. The highest BCUT2D eigenvalue weighted by Crippen LogP contribution is 2.44. The van der Waals surface area contributed by atoms with Crippen LogP contribution < -0.4 is 4.90 Å². The lowest BCUT2D eigenvalue weighted by Gasteiger charge is -2.28. The number of hydrogen-bond acceptors (Lipinski definition) is 2. The molecule has 0 aliphatic carbocycles. The normalized spacial score (nSPS) is 11.6.